The molecule has 1 aromatic carbocycles. The highest BCUT2D eigenvalue weighted by Gasteiger charge is 2.25. The van der Waals surface area contributed by atoms with Crippen molar-refractivity contribution >= 4 is 22.6 Å². The Hall–Kier alpha value is -3.68. The molecule has 7 nitrogen and oxygen atoms in total. The summed E-state index contributed by atoms with van der Waals surface area (Å²) in [5.41, 5.74) is 1.64. The summed E-state index contributed by atoms with van der Waals surface area (Å²) in [7, 11) is 0. The summed E-state index contributed by atoms with van der Waals surface area (Å²) >= 11 is 0. The molecule has 0 saturated carbocycles. The van der Waals surface area contributed by atoms with Gasteiger partial charge in [-0.3, -0.25) is 14.7 Å². The second kappa shape index (κ2) is 6.32. The van der Waals surface area contributed by atoms with Crippen molar-refractivity contribution in [1.29, 1.82) is 0 Å². The number of nitrogens with zero attached hydrogens (tertiary/aromatic N) is 4. The smallest absolute Gasteiger partial charge is 0.270 e. The van der Waals surface area contributed by atoms with Crippen LogP contribution in [0, 0.1) is 5.82 Å². The predicted octanol–water partition coefficient (Wildman–Crippen LogP) is 2.41. The highest BCUT2D eigenvalue weighted by atomic mass is 19.1. The fourth-order valence-electron chi connectivity index (χ4n) is 2.76. The summed E-state index contributed by atoms with van der Waals surface area (Å²) in [5.74, 6) is -1.90. The van der Waals surface area contributed by atoms with Crippen molar-refractivity contribution in [2.75, 3.05) is 0 Å². The van der Waals surface area contributed by atoms with E-state index in [0.717, 1.165) is 5.56 Å². The average Bonchev–Trinajstić information content (AvgIpc) is 3.31. The van der Waals surface area contributed by atoms with Crippen LogP contribution in [0.2, 0.25) is 0 Å². The van der Waals surface area contributed by atoms with E-state index in [4.69, 9.17) is 0 Å². The lowest BCUT2D eigenvalue weighted by Gasteiger charge is -2.04. The molecule has 3 heterocycles. The summed E-state index contributed by atoms with van der Waals surface area (Å²) in [6.45, 7) is 0.386. The second-order valence-corrected chi connectivity index (χ2v) is 5.66. The molecule has 128 valence electrons. The Morgan fingerprint density at radius 1 is 1.08 bits per heavy atom. The minimum Gasteiger partial charge on any atom is -0.327 e. The number of aromatic amines is 1. The van der Waals surface area contributed by atoms with E-state index in [1.807, 2.05) is 0 Å². The molecule has 0 aliphatic carbocycles. The summed E-state index contributed by atoms with van der Waals surface area (Å²) in [5, 5.41) is 6.55. The lowest BCUT2D eigenvalue weighted by Crippen LogP contribution is -2.16. The molecule has 3 aromatic heterocycles. The molecule has 8 heteroatoms. The van der Waals surface area contributed by atoms with Gasteiger partial charge in [0.25, 0.3) is 5.78 Å². The molecular formula is C18H12FN5O2. The number of fused-ring (bicyclic) bond motifs is 1. The Kier molecular flexibility index (Phi) is 3.85. The summed E-state index contributed by atoms with van der Waals surface area (Å²) < 4.78 is 14.8. The van der Waals surface area contributed by atoms with Crippen LogP contribution in [0.5, 0.6) is 0 Å². The first-order valence-electron chi connectivity index (χ1n) is 7.76. The van der Waals surface area contributed by atoms with Crippen LogP contribution < -0.4 is 0 Å². The Morgan fingerprint density at radius 2 is 1.88 bits per heavy atom. The van der Waals surface area contributed by atoms with Gasteiger partial charge in [0.1, 0.15) is 17.8 Å². The third-order valence-electron chi connectivity index (χ3n) is 3.98. The third kappa shape index (κ3) is 2.77. The molecular weight excluding hydrogens is 337 g/mol. The zero-order valence-electron chi connectivity index (χ0n) is 13.4. The van der Waals surface area contributed by atoms with Crippen LogP contribution in [0.25, 0.3) is 11.0 Å². The van der Waals surface area contributed by atoms with Crippen LogP contribution in [0.4, 0.5) is 4.39 Å². The van der Waals surface area contributed by atoms with E-state index >= 15 is 0 Å². The van der Waals surface area contributed by atoms with E-state index in [0.29, 0.717) is 17.6 Å². The Bertz CT molecular complexity index is 1100. The second-order valence-electron chi connectivity index (χ2n) is 5.66. The number of ketones is 2. The first-order valence-corrected chi connectivity index (χ1v) is 7.76. The maximum absolute atomic E-state index is 13.1. The number of aromatic nitrogens is 5. The fourth-order valence-corrected chi connectivity index (χ4v) is 2.76. The molecule has 0 bridgehead atoms. The lowest BCUT2D eigenvalue weighted by molar-refractivity contribution is 0.0812. The Morgan fingerprint density at radius 3 is 2.62 bits per heavy atom. The standard InChI is InChI=1S/C18H12FN5O2/c19-12-5-3-11(4-6-12)8-24-9-14(13-2-1-7-20-18(13)24)15(25)16(26)17-21-10-22-23-17/h1-7,9-10H,8H2,(H,21,22,23). The van der Waals surface area contributed by atoms with E-state index in [-0.39, 0.29) is 17.2 Å². The third-order valence-corrected chi connectivity index (χ3v) is 3.98. The van der Waals surface area contributed by atoms with E-state index < -0.39 is 11.6 Å². The van der Waals surface area contributed by atoms with Gasteiger partial charge >= 0.3 is 0 Å². The van der Waals surface area contributed by atoms with Crippen LogP contribution in [-0.2, 0) is 6.54 Å². The zero-order valence-corrected chi connectivity index (χ0v) is 13.4. The molecule has 0 atom stereocenters. The molecule has 0 aliphatic heterocycles. The molecule has 4 rings (SSSR count). The zero-order chi connectivity index (χ0) is 18.1. The van der Waals surface area contributed by atoms with Gasteiger partial charge in [0, 0.05) is 24.3 Å². The van der Waals surface area contributed by atoms with Gasteiger partial charge in [0.2, 0.25) is 11.6 Å². The van der Waals surface area contributed by atoms with Crippen molar-refractivity contribution in [3.63, 3.8) is 0 Å². The van der Waals surface area contributed by atoms with Gasteiger partial charge in [-0.25, -0.2) is 14.4 Å². The molecule has 0 saturated heterocycles. The summed E-state index contributed by atoms with van der Waals surface area (Å²) in [6, 6.07) is 9.48. The highest BCUT2D eigenvalue weighted by molar-refractivity contribution is 6.50. The van der Waals surface area contributed by atoms with Crippen molar-refractivity contribution in [1.82, 2.24) is 24.7 Å². The van der Waals surface area contributed by atoms with Gasteiger partial charge in [-0.15, -0.1) is 0 Å². The van der Waals surface area contributed by atoms with Gasteiger partial charge < -0.3 is 4.57 Å². The van der Waals surface area contributed by atoms with E-state index in [1.54, 1.807) is 41.2 Å². The van der Waals surface area contributed by atoms with Gasteiger partial charge in [-0.05, 0) is 29.8 Å². The topological polar surface area (TPSA) is 93.5 Å². The van der Waals surface area contributed by atoms with E-state index in [2.05, 4.69) is 20.2 Å². The van der Waals surface area contributed by atoms with Crippen molar-refractivity contribution in [2.45, 2.75) is 6.54 Å². The molecule has 4 aromatic rings. The SMILES string of the molecule is O=C(C(=O)c1cn(Cc2ccc(F)cc2)c2ncccc12)c1ncn[nH]1. The van der Waals surface area contributed by atoms with Crippen molar-refractivity contribution in [3.8, 4) is 0 Å². The maximum Gasteiger partial charge on any atom is 0.270 e. The van der Waals surface area contributed by atoms with Crippen LogP contribution in [0.15, 0.2) is 55.1 Å². The summed E-state index contributed by atoms with van der Waals surface area (Å²) in [4.78, 5) is 33.0. The lowest BCUT2D eigenvalue weighted by atomic mass is 10.1. The van der Waals surface area contributed by atoms with E-state index in [1.165, 1.54) is 18.5 Å². The first kappa shape index (κ1) is 15.8. The van der Waals surface area contributed by atoms with Gasteiger partial charge in [0.15, 0.2) is 0 Å². The first-order chi connectivity index (χ1) is 12.6. The number of Topliss-reactive ketones (excluding diaryl/α,β-unsaturated/α-hetero) is 2. The van der Waals surface area contributed by atoms with Gasteiger partial charge in [-0.1, -0.05) is 12.1 Å². The van der Waals surface area contributed by atoms with Crippen LogP contribution in [0.1, 0.15) is 26.5 Å². The minimum absolute atomic E-state index is 0.113. The molecule has 0 spiro atoms. The number of hydrogen-bond acceptors (Lipinski definition) is 5. The Balaban J connectivity index is 1.75. The average molecular weight is 349 g/mol. The van der Waals surface area contributed by atoms with Gasteiger partial charge in [0.05, 0.1) is 5.56 Å². The van der Waals surface area contributed by atoms with Crippen LogP contribution in [-0.4, -0.2) is 36.3 Å². The molecule has 0 amide bonds. The van der Waals surface area contributed by atoms with Crippen molar-refractivity contribution in [3.05, 3.63) is 77.9 Å². The number of carbonyl (C=O) groups is 2. The van der Waals surface area contributed by atoms with Crippen LogP contribution >= 0.6 is 0 Å². The molecule has 1 N–H and O–H groups in total. The molecule has 26 heavy (non-hydrogen) atoms. The number of pyridine rings is 1. The molecule has 0 aliphatic rings. The highest BCUT2D eigenvalue weighted by Crippen LogP contribution is 2.22. The molecule has 0 radical (unpaired) electrons. The van der Waals surface area contributed by atoms with Gasteiger partial charge in [-0.2, -0.15) is 5.10 Å². The van der Waals surface area contributed by atoms with Crippen molar-refractivity contribution in [2.24, 2.45) is 0 Å². The number of benzene rings is 1. The number of carbonyl (C=O) groups excluding carboxylic acids is 2. The van der Waals surface area contributed by atoms with Crippen molar-refractivity contribution < 1.29 is 14.0 Å². The van der Waals surface area contributed by atoms with Crippen LogP contribution in [0.3, 0.4) is 0 Å². The Labute approximate surface area is 146 Å². The predicted molar refractivity (Wildman–Crippen MR) is 90.3 cm³/mol. The summed E-state index contributed by atoms with van der Waals surface area (Å²) in [6.07, 6.45) is 4.35. The number of hydrogen-bond donors (Lipinski definition) is 1. The quantitative estimate of drug-likeness (QED) is 0.441. The maximum atomic E-state index is 13.1. The molecule has 0 unspecified atom stereocenters. The number of halogens is 1. The number of nitrogens with one attached hydrogen (secondary N) is 1. The normalized spacial score (nSPS) is 11.0. The van der Waals surface area contributed by atoms with E-state index in [9.17, 15) is 14.0 Å². The fraction of sp³-hybridized carbons (Fsp3) is 0.0556. The number of H-pyrrole nitrogens is 1. The monoisotopic (exact) mass is 349 g/mol. The minimum atomic E-state index is -0.771. The largest absolute Gasteiger partial charge is 0.327 e. The number of rotatable bonds is 5. The molecule has 0 fully saturated rings.